The van der Waals surface area contributed by atoms with Gasteiger partial charge in [0.1, 0.15) is 5.75 Å². The highest BCUT2D eigenvalue weighted by molar-refractivity contribution is 5.51. The lowest BCUT2D eigenvalue weighted by Crippen LogP contribution is -2.23. The Bertz CT molecular complexity index is 379. The predicted octanol–water partition coefficient (Wildman–Crippen LogP) is 2.59. The van der Waals surface area contributed by atoms with Gasteiger partial charge in [0, 0.05) is 11.0 Å². The van der Waals surface area contributed by atoms with Crippen molar-refractivity contribution < 1.29 is 10.2 Å². The summed E-state index contributed by atoms with van der Waals surface area (Å²) in [5.41, 5.74) is 3.48. The molecule has 15 heavy (non-hydrogen) atoms. The lowest BCUT2D eigenvalue weighted by Gasteiger charge is -2.27. The minimum atomic E-state index is -0.396. The summed E-state index contributed by atoms with van der Waals surface area (Å²) in [6.45, 7) is 9.76. The van der Waals surface area contributed by atoms with Crippen LogP contribution in [0.5, 0.6) is 5.75 Å². The van der Waals surface area contributed by atoms with Crippen molar-refractivity contribution in [2.75, 3.05) is 6.61 Å². The first-order valence-corrected chi connectivity index (χ1v) is 5.22. The van der Waals surface area contributed by atoms with Crippen molar-refractivity contribution in [3.63, 3.8) is 0 Å². The summed E-state index contributed by atoms with van der Waals surface area (Å²) in [5.74, 6) is 0.326. The van der Waals surface area contributed by atoms with Gasteiger partial charge in [-0.15, -0.1) is 0 Å². The van der Waals surface area contributed by atoms with Crippen molar-refractivity contribution in [1.82, 2.24) is 0 Å². The maximum atomic E-state index is 10.1. The SMILES string of the molecule is Cc1cc(C)c(C(C)(C)CO)c(O)c1C. The molecule has 0 bridgehead atoms. The van der Waals surface area contributed by atoms with Crippen LogP contribution in [-0.2, 0) is 5.41 Å². The van der Waals surface area contributed by atoms with E-state index < -0.39 is 5.41 Å². The number of aliphatic hydroxyl groups is 1. The fourth-order valence-corrected chi connectivity index (χ4v) is 2.00. The second-order valence-electron chi connectivity index (χ2n) is 4.90. The van der Waals surface area contributed by atoms with Crippen LogP contribution in [0.3, 0.4) is 0 Å². The maximum absolute atomic E-state index is 10.1. The zero-order valence-electron chi connectivity index (χ0n) is 10.2. The van der Waals surface area contributed by atoms with E-state index in [0.29, 0.717) is 5.75 Å². The molecule has 0 amide bonds. The first-order valence-electron chi connectivity index (χ1n) is 5.22. The largest absolute Gasteiger partial charge is 0.507 e. The van der Waals surface area contributed by atoms with Crippen LogP contribution >= 0.6 is 0 Å². The Hall–Kier alpha value is -1.02. The summed E-state index contributed by atoms with van der Waals surface area (Å²) in [7, 11) is 0. The predicted molar refractivity (Wildman–Crippen MR) is 62.4 cm³/mol. The second-order valence-corrected chi connectivity index (χ2v) is 4.90. The maximum Gasteiger partial charge on any atom is 0.122 e. The molecule has 2 heteroatoms. The number of aromatic hydroxyl groups is 1. The number of hydrogen-bond acceptors (Lipinski definition) is 2. The second kappa shape index (κ2) is 3.86. The number of phenolic OH excluding ortho intramolecular Hbond substituents is 1. The monoisotopic (exact) mass is 208 g/mol. The van der Waals surface area contributed by atoms with Gasteiger partial charge in [-0.1, -0.05) is 19.9 Å². The molecular weight excluding hydrogens is 188 g/mol. The minimum absolute atomic E-state index is 0.0316. The minimum Gasteiger partial charge on any atom is -0.507 e. The van der Waals surface area contributed by atoms with Crippen LogP contribution in [0.15, 0.2) is 6.07 Å². The fraction of sp³-hybridized carbons (Fsp3) is 0.538. The highest BCUT2D eigenvalue weighted by Crippen LogP contribution is 2.37. The number of rotatable bonds is 2. The van der Waals surface area contributed by atoms with Crippen molar-refractivity contribution in [2.45, 2.75) is 40.0 Å². The Balaban J connectivity index is 3.49. The molecule has 84 valence electrons. The molecule has 0 aromatic heterocycles. The molecule has 0 heterocycles. The van der Waals surface area contributed by atoms with Gasteiger partial charge in [-0.05, 0) is 37.5 Å². The van der Waals surface area contributed by atoms with Crippen molar-refractivity contribution in [3.8, 4) is 5.75 Å². The third kappa shape index (κ3) is 2.00. The van der Waals surface area contributed by atoms with Gasteiger partial charge >= 0.3 is 0 Å². The van der Waals surface area contributed by atoms with Gasteiger partial charge in [0.15, 0.2) is 0 Å². The van der Waals surface area contributed by atoms with Crippen LogP contribution in [0.1, 0.15) is 36.1 Å². The molecule has 0 radical (unpaired) electrons. The lowest BCUT2D eigenvalue weighted by atomic mass is 9.80. The molecule has 0 aliphatic rings. The standard InChI is InChI=1S/C13H20O2/c1-8-6-9(2)11(12(15)10(8)3)13(4,5)7-14/h6,14-15H,7H2,1-5H3. The van der Waals surface area contributed by atoms with Crippen LogP contribution in [-0.4, -0.2) is 16.8 Å². The van der Waals surface area contributed by atoms with E-state index in [0.717, 1.165) is 22.3 Å². The van der Waals surface area contributed by atoms with Crippen molar-refractivity contribution in [3.05, 3.63) is 28.3 Å². The van der Waals surface area contributed by atoms with Crippen molar-refractivity contribution in [1.29, 1.82) is 0 Å². The van der Waals surface area contributed by atoms with E-state index in [-0.39, 0.29) is 6.61 Å². The van der Waals surface area contributed by atoms with Crippen LogP contribution in [0.25, 0.3) is 0 Å². The number of benzene rings is 1. The van der Waals surface area contributed by atoms with E-state index >= 15 is 0 Å². The fourth-order valence-electron chi connectivity index (χ4n) is 2.00. The number of aryl methyl sites for hydroxylation is 2. The summed E-state index contributed by atoms with van der Waals surface area (Å²) >= 11 is 0. The van der Waals surface area contributed by atoms with Gasteiger partial charge in [-0.2, -0.15) is 0 Å². The van der Waals surface area contributed by atoms with E-state index in [1.807, 2.05) is 34.6 Å². The molecule has 0 unspecified atom stereocenters. The number of hydrogen-bond donors (Lipinski definition) is 2. The van der Waals surface area contributed by atoms with Gasteiger partial charge in [-0.25, -0.2) is 0 Å². The van der Waals surface area contributed by atoms with Gasteiger partial charge in [0.2, 0.25) is 0 Å². The van der Waals surface area contributed by atoms with E-state index in [1.54, 1.807) is 0 Å². The first kappa shape index (κ1) is 12.1. The Kier molecular flexibility index (Phi) is 3.10. The first-order chi connectivity index (χ1) is 6.81. The number of aliphatic hydroxyl groups excluding tert-OH is 1. The van der Waals surface area contributed by atoms with Gasteiger partial charge < -0.3 is 10.2 Å². The molecule has 0 saturated heterocycles. The molecule has 0 aliphatic carbocycles. The van der Waals surface area contributed by atoms with Crippen LogP contribution < -0.4 is 0 Å². The highest BCUT2D eigenvalue weighted by atomic mass is 16.3. The molecule has 1 rings (SSSR count). The molecular formula is C13H20O2. The molecule has 0 saturated carbocycles. The molecule has 2 nitrogen and oxygen atoms in total. The molecule has 1 aromatic rings. The average Bonchev–Trinajstić information content (AvgIpc) is 2.14. The smallest absolute Gasteiger partial charge is 0.122 e. The molecule has 0 spiro atoms. The molecule has 0 aliphatic heterocycles. The Labute approximate surface area is 91.6 Å². The third-order valence-electron chi connectivity index (χ3n) is 3.08. The summed E-state index contributed by atoms with van der Waals surface area (Å²) in [5, 5.41) is 19.5. The zero-order valence-corrected chi connectivity index (χ0v) is 10.2. The number of phenols is 1. The summed E-state index contributed by atoms with van der Waals surface area (Å²) in [6.07, 6.45) is 0. The molecule has 0 atom stereocenters. The average molecular weight is 208 g/mol. The topological polar surface area (TPSA) is 40.5 Å². The van der Waals surface area contributed by atoms with Crippen LogP contribution in [0.2, 0.25) is 0 Å². The van der Waals surface area contributed by atoms with Crippen LogP contribution in [0.4, 0.5) is 0 Å². The molecule has 2 N–H and O–H groups in total. The van der Waals surface area contributed by atoms with Crippen LogP contribution in [0, 0.1) is 20.8 Å². The van der Waals surface area contributed by atoms with E-state index in [4.69, 9.17) is 0 Å². The Morgan fingerprint density at radius 1 is 1.13 bits per heavy atom. The van der Waals surface area contributed by atoms with E-state index in [1.165, 1.54) is 0 Å². The molecule has 1 aromatic carbocycles. The normalized spacial score (nSPS) is 11.9. The summed E-state index contributed by atoms with van der Waals surface area (Å²) < 4.78 is 0. The quantitative estimate of drug-likeness (QED) is 0.784. The zero-order chi connectivity index (χ0) is 11.8. The lowest BCUT2D eigenvalue weighted by molar-refractivity contribution is 0.214. The highest BCUT2D eigenvalue weighted by Gasteiger charge is 2.26. The van der Waals surface area contributed by atoms with Crippen molar-refractivity contribution >= 4 is 0 Å². The Morgan fingerprint density at radius 2 is 1.67 bits per heavy atom. The summed E-state index contributed by atoms with van der Waals surface area (Å²) in [6, 6.07) is 2.06. The van der Waals surface area contributed by atoms with Gasteiger partial charge in [0.05, 0.1) is 6.61 Å². The van der Waals surface area contributed by atoms with E-state index in [9.17, 15) is 10.2 Å². The summed E-state index contributed by atoms with van der Waals surface area (Å²) in [4.78, 5) is 0. The third-order valence-corrected chi connectivity index (χ3v) is 3.08. The van der Waals surface area contributed by atoms with E-state index in [2.05, 4.69) is 6.07 Å². The Morgan fingerprint density at radius 3 is 2.13 bits per heavy atom. The van der Waals surface area contributed by atoms with Crippen molar-refractivity contribution in [2.24, 2.45) is 0 Å². The van der Waals surface area contributed by atoms with Gasteiger partial charge in [-0.3, -0.25) is 0 Å². The molecule has 0 fully saturated rings. The van der Waals surface area contributed by atoms with Gasteiger partial charge in [0.25, 0.3) is 0 Å².